The Balaban J connectivity index is -0.0000000105. The summed E-state index contributed by atoms with van der Waals surface area (Å²) in [7, 11) is 0. The van der Waals surface area contributed by atoms with Crippen LogP contribution in [0.4, 0.5) is 0 Å². The summed E-state index contributed by atoms with van der Waals surface area (Å²) in [5, 5.41) is 0. The summed E-state index contributed by atoms with van der Waals surface area (Å²) in [5.41, 5.74) is 0. The van der Waals surface area contributed by atoms with E-state index in [4.69, 9.17) is 0 Å². The van der Waals surface area contributed by atoms with Crippen LogP contribution in [0.25, 0.3) is 0 Å². The van der Waals surface area contributed by atoms with Crippen molar-refractivity contribution in [3.8, 4) is 0 Å². The van der Waals surface area contributed by atoms with Gasteiger partial charge in [-0.3, -0.25) is 0 Å². The average molecular weight is 88.0 g/mol. The van der Waals surface area contributed by atoms with Gasteiger partial charge < -0.3 is 0 Å². The molecule has 0 rings (SSSR count). The summed E-state index contributed by atoms with van der Waals surface area (Å²) in [6, 6.07) is 0. The lowest BCUT2D eigenvalue weighted by Crippen LogP contribution is -1.27. The van der Waals surface area contributed by atoms with Gasteiger partial charge in [0, 0.05) is 9.84 Å². The quantitative estimate of drug-likeness (QED) is 0.398. The first kappa shape index (κ1) is 16.6. The molecule has 0 saturated carbocycles. The minimum Gasteiger partial charge on any atom is -0.0683 e. The maximum Gasteiger partial charge on any atom is 0 e. The van der Waals surface area contributed by atoms with Crippen LogP contribution in [0.15, 0.2) is 0 Å². The lowest BCUT2D eigenvalue weighted by atomic mass is 10.6. The minimum absolute atomic E-state index is 0. The molecule has 0 spiro atoms. The highest BCUT2D eigenvalue weighted by atomic mass is 13.4. The summed E-state index contributed by atoms with van der Waals surface area (Å²) in [4.78, 5) is 0. The molecule has 0 aliphatic rings. The van der Waals surface area contributed by atoms with Crippen LogP contribution in [0.3, 0.4) is 0 Å². The molecule has 0 fully saturated rings. The first-order chi connectivity index (χ1) is 2.41. The Morgan fingerprint density at radius 1 is 1.17 bits per heavy atom. The van der Waals surface area contributed by atoms with E-state index in [1.165, 1.54) is 6.42 Å². The van der Waals surface area contributed by atoms with Crippen LogP contribution in [0.2, 0.25) is 0 Å². The van der Waals surface area contributed by atoms with E-state index in [0.717, 1.165) is 0 Å². The highest BCUT2D eigenvalue weighted by Crippen LogP contribution is 1.56. The molecule has 0 aromatic rings. The van der Waals surface area contributed by atoms with Crippen molar-refractivity contribution in [1.82, 2.24) is 0 Å². The number of hydrogen-bond acceptors (Lipinski definition) is 0. The largest absolute Gasteiger partial charge is 0.0683 e. The fourth-order valence-electron chi connectivity index (χ4n) is 0. The molecule has 3 radical (unpaired) electrons. The van der Waals surface area contributed by atoms with Crippen LogP contribution in [-0.2, 0) is 0 Å². The maximum absolute atomic E-state index is 2.12. The predicted octanol–water partition coefficient (Wildman–Crippen LogP) is 2.31. The van der Waals surface area contributed by atoms with Crippen molar-refractivity contribution >= 4 is 8.41 Å². The molecular weight excluding hydrogens is 70.9 g/mol. The van der Waals surface area contributed by atoms with Crippen molar-refractivity contribution in [3.05, 3.63) is 0 Å². The van der Waals surface area contributed by atoms with Gasteiger partial charge in [-0.15, -0.1) is 0 Å². The molecule has 0 unspecified atom stereocenters. The third-order valence-electron chi connectivity index (χ3n) is 0. The van der Waals surface area contributed by atoms with Gasteiger partial charge in [0.2, 0.25) is 0 Å². The maximum atomic E-state index is 2.12. The van der Waals surface area contributed by atoms with Gasteiger partial charge in [0.1, 0.15) is 0 Å². The normalized spacial score (nSPS) is 4.00. The number of hydrogen-bond donors (Lipinski definition) is 0. The highest BCUT2D eigenvalue weighted by Gasteiger charge is 1.35. The molecule has 1 heteroatoms. The summed E-state index contributed by atoms with van der Waals surface area (Å²) in [5.74, 6) is 0. The summed E-state index contributed by atoms with van der Waals surface area (Å²) in [6.07, 6.45) is 1.25. The van der Waals surface area contributed by atoms with E-state index in [1.54, 1.807) is 0 Å². The van der Waals surface area contributed by atoms with E-state index in [9.17, 15) is 0 Å². The van der Waals surface area contributed by atoms with Gasteiger partial charge in [0.15, 0.2) is 0 Å². The molecule has 0 bridgehead atoms. The van der Waals surface area contributed by atoms with E-state index < -0.39 is 0 Å². The molecule has 0 N–H and O–H groups in total. The Morgan fingerprint density at radius 3 is 1.17 bits per heavy atom. The smallest absolute Gasteiger partial charge is 0 e. The first-order valence-electron chi connectivity index (χ1n) is 2.41. The summed E-state index contributed by atoms with van der Waals surface area (Å²) >= 11 is 0. The van der Waals surface area contributed by atoms with Crippen molar-refractivity contribution in [1.29, 1.82) is 0 Å². The molecule has 39 valence electrons. The Bertz CT molecular complexity index is 8.04. The molecule has 0 saturated heterocycles. The fraction of sp³-hybridized carbons (Fsp3) is 1.00. The second kappa shape index (κ2) is 73.8. The van der Waals surface area contributed by atoms with Gasteiger partial charge in [0.25, 0.3) is 0 Å². The molecule has 0 aromatic carbocycles. The third-order valence-corrected chi connectivity index (χ3v) is 0. The lowest BCUT2D eigenvalue weighted by molar-refractivity contribution is 1.09. The zero-order valence-corrected chi connectivity index (χ0v) is 5.28. The topological polar surface area (TPSA) is 0 Å². The van der Waals surface area contributed by atoms with Gasteiger partial charge in [-0.05, 0) is 0 Å². The molecule has 6 heavy (non-hydrogen) atoms. The highest BCUT2D eigenvalue weighted by molar-refractivity contribution is 5.75. The number of rotatable bonds is 0. The van der Waals surface area contributed by atoms with Crippen molar-refractivity contribution in [2.24, 2.45) is 0 Å². The molecular formula is C5H16B. The Kier molecular flexibility index (Phi) is 204. The van der Waals surface area contributed by atoms with Gasteiger partial charge >= 0.3 is 0 Å². The van der Waals surface area contributed by atoms with Gasteiger partial charge in [-0.25, -0.2) is 0 Å². The zero-order chi connectivity index (χ0) is 4.71. The predicted molar refractivity (Wildman–Crippen MR) is 35.2 cm³/mol. The standard InChI is InChI=1S/C3H8.C2H6.B.H2/c1-3-2;1-2;;/h3H2,1-2H3;1-2H3;;1H/i;;;1+1. The minimum atomic E-state index is 0. The molecule has 0 aromatic heterocycles. The average Bonchev–Trinajstić information content (AvgIpc) is 1.46. The Morgan fingerprint density at radius 2 is 1.17 bits per heavy atom. The van der Waals surface area contributed by atoms with E-state index >= 15 is 0 Å². The second-order valence-electron chi connectivity index (χ2n) is 0.707. The monoisotopic (exact) mass is 88.1 g/mol. The van der Waals surface area contributed by atoms with Crippen molar-refractivity contribution in [2.75, 3.05) is 0 Å². The van der Waals surface area contributed by atoms with Gasteiger partial charge in [-0.2, -0.15) is 0 Å². The second-order valence-corrected chi connectivity index (χ2v) is 0.707. The Labute approximate surface area is 45.0 Å². The molecule has 0 amide bonds. The van der Waals surface area contributed by atoms with Crippen LogP contribution in [0.1, 0.15) is 35.5 Å². The molecule has 0 heterocycles. The zero-order valence-electron chi connectivity index (χ0n) is 5.28. The van der Waals surface area contributed by atoms with E-state index in [-0.39, 0.29) is 9.84 Å². The first-order valence-corrected chi connectivity index (χ1v) is 2.41. The van der Waals surface area contributed by atoms with Crippen LogP contribution < -0.4 is 0 Å². The van der Waals surface area contributed by atoms with Crippen LogP contribution in [0, 0.1) is 0 Å². The van der Waals surface area contributed by atoms with Gasteiger partial charge in [0.05, 0.1) is 0 Å². The van der Waals surface area contributed by atoms with Crippen molar-refractivity contribution in [3.63, 3.8) is 0 Å². The van der Waals surface area contributed by atoms with Crippen LogP contribution >= 0.6 is 0 Å². The fourth-order valence-corrected chi connectivity index (χ4v) is 0. The lowest BCUT2D eigenvalue weighted by Gasteiger charge is -1.48. The SMILES string of the molecule is CC.CCC.[2HH].[B]. The van der Waals surface area contributed by atoms with E-state index in [2.05, 4.69) is 13.8 Å². The third kappa shape index (κ3) is 9060. The van der Waals surface area contributed by atoms with Crippen LogP contribution in [-0.4, -0.2) is 8.41 Å². The molecule has 0 aliphatic heterocycles. The van der Waals surface area contributed by atoms with Crippen molar-refractivity contribution < 1.29 is 1.43 Å². The van der Waals surface area contributed by atoms with E-state index in [1.807, 2.05) is 13.8 Å². The Hall–Kier alpha value is 0.0649. The van der Waals surface area contributed by atoms with Gasteiger partial charge in [-0.1, -0.05) is 34.1 Å². The van der Waals surface area contributed by atoms with E-state index in [0.29, 0.717) is 0 Å². The molecule has 0 atom stereocenters. The van der Waals surface area contributed by atoms with Crippen LogP contribution in [0.5, 0.6) is 0 Å². The summed E-state index contributed by atoms with van der Waals surface area (Å²) in [6.45, 7) is 8.25. The molecule has 0 aliphatic carbocycles. The summed E-state index contributed by atoms with van der Waals surface area (Å²) < 4.78 is 0. The molecule has 0 nitrogen and oxygen atoms in total. The van der Waals surface area contributed by atoms with Crippen molar-refractivity contribution in [2.45, 2.75) is 34.1 Å².